The lowest BCUT2D eigenvalue weighted by molar-refractivity contribution is -0.189. The predicted molar refractivity (Wildman–Crippen MR) is 108 cm³/mol. The van der Waals surface area contributed by atoms with Gasteiger partial charge in [0.1, 0.15) is 17.4 Å². The number of rotatable bonds is 5. The van der Waals surface area contributed by atoms with Gasteiger partial charge < -0.3 is 10.1 Å². The highest BCUT2D eigenvalue weighted by Crippen LogP contribution is 2.34. The Balaban J connectivity index is 2.08. The fourth-order valence-electron chi connectivity index (χ4n) is 2.61. The van der Waals surface area contributed by atoms with Crippen LogP contribution in [0.5, 0.6) is 5.75 Å². The molecule has 168 valence electrons. The van der Waals surface area contributed by atoms with Gasteiger partial charge in [0.25, 0.3) is 5.91 Å². The molecule has 0 radical (unpaired) electrons. The van der Waals surface area contributed by atoms with Gasteiger partial charge in [-0.3, -0.25) is 14.8 Å². The van der Waals surface area contributed by atoms with Crippen LogP contribution in [0, 0.1) is 18.6 Å². The second-order valence-electron chi connectivity index (χ2n) is 6.72. The van der Waals surface area contributed by atoms with Gasteiger partial charge in [-0.2, -0.15) is 13.2 Å². The molecular formula is C21H15ClF5N3O2. The van der Waals surface area contributed by atoms with Gasteiger partial charge in [-0.15, -0.1) is 0 Å². The molecule has 5 nitrogen and oxygen atoms in total. The number of aryl methyl sites for hydroxylation is 1. The standard InChI is InChI=1S/C21H15ClF5N3O2/c1-10-8-29-17(9-28-10)12-7-18(32-11(2)21(25,26)27)13(6-16(12)24)20(31)30-19-14(22)4-3-5-15(19)23/h3-9,11H,1-2H3,(H,30,31)/t11-/m0/s1. The molecule has 1 aromatic heterocycles. The Morgan fingerprint density at radius 3 is 2.44 bits per heavy atom. The van der Waals surface area contributed by atoms with Crippen molar-refractivity contribution in [3.8, 4) is 17.0 Å². The van der Waals surface area contributed by atoms with Crippen molar-refractivity contribution in [3.63, 3.8) is 0 Å². The largest absolute Gasteiger partial charge is 0.480 e. The van der Waals surface area contributed by atoms with E-state index >= 15 is 0 Å². The Labute approximate surface area is 184 Å². The number of anilines is 1. The van der Waals surface area contributed by atoms with Crippen molar-refractivity contribution in [1.82, 2.24) is 9.97 Å². The van der Waals surface area contributed by atoms with Gasteiger partial charge in [0.2, 0.25) is 0 Å². The topological polar surface area (TPSA) is 64.1 Å². The van der Waals surface area contributed by atoms with Crippen LogP contribution in [0.3, 0.4) is 0 Å². The van der Waals surface area contributed by atoms with Crippen molar-refractivity contribution < 1.29 is 31.5 Å². The van der Waals surface area contributed by atoms with E-state index in [4.69, 9.17) is 16.3 Å². The molecule has 1 N–H and O–H groups in total. The van der Waals surface area contributed by atoms with Crippen LogP contribution in [0.15, 0.2) is 42.7 Å². The smallest absolute Gasteiger partial charge is 0.425 e. The number of para-hydroxylation sites is 1. The molecule has 0 fully saturated rings. The predicted octanol–water partition coefficient (Wildman–Crippen LogP) is 5.97. The summed E-state index contributed by atoms with van der Waals surface area (Å²) in [6.07, 6.45) is -4.52. The maximum Gasteiger partial charge on any atom is 0.425 e. The molecule has 3 rings (SSSR count). The van der Waals surface area contributed by atoms with Gasteiger partial charge in [-0.25, -0.2) is 8.78 Å². The normalized spacial score (nSPS) is 12.4. The van der Waals surface area contributed by atoms with E-state index in [-0.39, 0.29) is 16.3 Å². The number of hydrogen-bond donors (Lipinski definition) is 1. The second-order valence-corrected chi connectivity index (χ2v) is 7.13. The van der Waals surface area contributed by atoms with Crippen molar-refractivity contribution in [2.75, 3.05) is 5.32 Å². The minimum absolute atomic E-state index is 0.0155. The Kier molecular flexibility index (Phi) is 6.63. The molecule has 1 heterocycles. The molecule has 1 amide bonds. The van der Waals surface area contributed by atoms with Crippen LogP contribution in [0.4, 0.5) is 27.6 Å². The summed E-state index contributed by atoms with van der Waals surface area (Å²) in [4.78, 5) is 20.7. The fraction of sp³-hybridized carbons (Fsp3) is 0.190. The number of carbonyl (C=O) groups excluding carboxylic acids is 1. The molecule has 0 spiro atoms. The van der Waals surface area contributed by atoms with Crippen molar-refractivity contribution >= 4 is 23.2 Å². The maximum absolute atomic E-state index is 14.8. The number of carbonyl (C=O) groups is 1. The molecule has 32 heavy (non-hydrogen) atoms. The first kappa shape index (κ1) is 23.4. The Hall–Kier alpha value is -3.27. The van der Waals surface area contributed by atoms with E-state index in [1.54, 1.807) is 6.92 Å². The van der Waals surface area contributed by atoms with Crippen molar-refractivity contribution in [1.29, 1.82) is 0 Å². The zero-order valence-corrected chi connectivity index (χ0v) is 17.4. The van der Waals surface area contributed by atoms with Crippen LogP contribution in [-0.2, 0) is 0 Å². The number of halogens is 6. The molecule has 1 atom stereocenters. The highest BCUT2D eigenvalue weighted by molar-refractivity contribution is 6.34. The van der Waals surface area contributed by atoms with E-state index in [0.717, 1.165) is 19.1 Å². The molecule has 11 heteroatoms. The Bertz CT molecular complexity index is 1130. The third-order valence-electron chi connectivity index (χ3n) is 4.34. The zero-order valence-electron chi connectivity index (χ0n) is 16.6. The summed E-state index contributed by atoms with van der Waals surface area (Å²) in [6, 6.07) is 5.20. The number of ether oxygens (including phenoxy) is 1. The number of nitrogens with one attached hydrogen (secondary N) is 1. The number of alkyl halides is 3. The number of aromatic nitrogens is 2. The summed E-state index contributed by atoms with van der Waals surface area (Å²) in [5, 5.41) is 1.98. The lowest BCUT2D eigenvalue weighted by atomic mass is 10.1. The molecule has 0 saturated heterocycles. The van der Waals surface area contributed by atoms with Gasteiger partial charge in [-0.1, -0.05) is 17.7 Å². The highest BCUT2D eigenvalue weighted by Gasteiger charge is 2.39. The SMILES string of the molecule is Cc1cnc(-c2cc(O[C@@H](C)C(F)(F)F)c(C(=O)Nc3c(F)cccc3Cl)cc2F)cn1. The Morgan fingerprint density at radius 2 is 1.84 bits per heavy atom. The minimum Gasteiger partial charge on any atom is -0.480 e. The van der Waals surface area contributed by atoms with E-state index in [0.29, 0.717) is 11.8 Å². The van der Waals surface area contributed by atoms with Crippen LogP contribution in [0.25, 0.3) is 11.3 Å². The lowest BCUT2D eigenvalue weighted by Crippen LogP contribution is -2.32. The summed E-state index contributed by atoms with van der Waals surface area (Å²) < 4.78 is 73.0. The van der Waals surface area contributed by atoms with Gasteiger partial charge in [-0.05, 0) is 38.1 Å². The average Bonchev–Trinajstić information content (AvgIpc) is 2.71. The first-order chi connectivity index (χ1) is 15.0. The second kappa shape index (κ2) is 9.07. The van der Waals surface area contributed by atoms with Crippen molar-refractivity contribution in [2.24, 2.45) is 0 Å². The molecule has 0 aliphatic heterocycles. The van der Waals surface area contributed by atoms with E-state index < -0.39 is 46.8 Å². The van der Waals surface area contributed by atoms with Gasteiger partial charge in [0.15, 0.2) is 6.10 Å². The lowest BCUT2D eigenvalue weighted by Gasteiger charge is -2.20. The van der Waals surface area contributed by atoms with Gasteiger partial charge in [0.05, 0.1) is 33.9 Å². The molecule has 0 unspecified atom stereocenters. The van der Waals surface area contributed by atoms with E-state index in [1.165, 1.54) is 24.5 Å². The molecular weight excluding hydrogens is 457 g/mol. The molecule has 2 aromatic carbocycles. The summed E-state index contributed by atoms with van der Waals surface area (Å²) in [6.45, 7) is 2.37. The minimum atomic E-state index is -4.76. The summed E-state index contributed by atoms with van der Waals surface area (Å²) in [5.74, 6) is -3.57. The maximum atomic E-state index is 14.8. The molecule has 0 saturated carbocycles. The van der Waals surface area contributed by atoms with E-state index in [2.05, 4.69) is 15.3 Å². The van der Waals surface area contributed by atoms with Crippen LogP contribution in [-0.4, -0.2) is 28.2 Å². The first-order valence-corrected chi connectivity index (χ1v) is 9.46. The number of nitrogens with zero attached hydrogens (tertiary/aromatic N) is 2. The van der Waals surface area contributed by atoms with Crippen molar-refractivity contribution in [2.45, 2.75) is 26.1 Å². The quantitative estimate of drug-likeness (QED) is 0.466. The van der Waals surface area contributed by atoms with Crippen molar-refractivity contribution in [3.05, 3.63) is 70.6 Å². The third kappa shape index (κ3) is 5.13. The van der Waals surface area contributed by atoms with Crippen LogP contribution < -0.4 is 10.1 Å². The molecule has 0 aliphatic carbocycles. The third-order valence-corrected chi connectivity index (χ3v) is 4.65. The molecule has 0 aliphatic rings. The first-order valence-electron chi connectivity index (χ1n) is 9.08. The van der Waals surface area contributed by atoms with E-state index in [1.807, 2.05) is 0 Å². The molecule has 3 aromatic rings. The number of benzene rings is 2. The van der Waals surface area contributed by atoms with Gasteiger partial charge >= 0.3 is 6.18 Å². The monoisotopic (exact) mass is 471 g/mol. The van der Waals surface area contributed by atoms with Crippen LogP contribution in [0.2, 0.25) is 5.02 Å². The number of amides is 1. The fourth-order valence-corrected chi connectivity index (χ4v) is 2.82. The van der Waals surface area contributed by atoms with Crippen LogP contribution >= 0.6 is 11.6 Å². The Morgan fingerprint density at radius 1 is 1.12 bits per heavy atom. The zero-order chi connectivity index (χ0) is 23.6. The van der Waals surface area contributed by atoms with Crippen LogP contribution in [0.1, 0.15) is 23.0 Å². The summed E-state index contributed by atoms with van der Waals surface area (Å²) >= 11 is 5.87. The van der Waals surface area contributed by atoms with E-state index in [9.17, 15) is 26.7 Å². The number of hydrogen-bond acceptors (Lipinski definition) is 4. The molecule has 0 bridgehead atoms. The summed E-state index contributed by atoms with van der Waals surface area (Å²) in [7, 11) is 0. The summed E-state index contributed by atoms with van der Waals surface area (Å²) in [5.41, 5.74) is -0.692. The average molecular weight is 472 g/mol. The van der Waals surface area contributed by atoms with Gasteiger partial charge in [0, 0.05) is 11.8 Å². The highest BCUT2D eigenvalue weighted by atomic mass is 35.5.